The molecule has 0 radical (unpaired) electrons. The van der Waals surface area contributed by atoms with Crippen LogP contribution in [0.15, 0.2) is 39.9 Å². The van der Waals surface area contributed by atoms with E-state index >= 15 is 0 Å². The van der Waals surface area contributed by atoms with Crippen molar-refractivity contribution in [1.82, 2.24) is 20.6 Å². The third-order valence-electron chi connectivity index (χ3n) is 4.36. The zero-order valence-corrected chi connectivity index (χ0v) is 16.1. The fourth-order valence-electron chi connectivity index (χ4n) is 2.54. The van der Waals surface area contributed by atoms with Crippen molar-refractivity contribution in [3.63, 3.8) is 0 Å². The first-order chi connectivity index (χ1) is 12.3. The number of methoxy groups -OCH3 is 1. The van der Waals surface area contributed by atoms with E-state index < -0.39 is 0 Å². The van der Waals surface area contributed by atoms with Crippen LogP contribution in [0.5, 0.6) is 5.88 Å². The van der Waals surface area contributed by atoms with Crippen molar-refractivity contribution in [3.05, 3.63) is 40.6 Å². The fourth-order valence-corrected chi connectivity index (χ4v) is 2.54. The van der Waals surface area contributed by atoms with E-state index in [0.717, 1.165) is 24.0 Å². The van der Waals surface area contributed by atoms with Gasteiger partial charge in [-0.15, -0.1) is 0 Å². The lowest BCUT2D eigenvalue weighted by Crippen LogP contribution is -2.30. The molecule has 1 aliphatic carbocycles. The Balaban J connectivity index is 2.13. The van der Waals surface area contributed by atoms with Crippen LogP contribution in [0.2, 0.25) is 0 Å². The van der Waals surface area contributed by atoms with Crippen molar-refractivity contribution in [3.8, 4) is 5.88 Å². The number of carbonyl (C=O) groups excluding carboxylic acids is 1. The smallest absolute Gasteiger partial charge is 0.251 e. The summed E-state index contributed by atoms with van der Waals surface area (Å²) < 4.78 is 4.98. The molecular formula is C19H27N5O2. The topological polar surface area (TPSA) is 88.5 Å². The van der Waals surface area contributed by atoms with Gasteiger partial charge in [0.25, 0.3) is 5.91 Å². The lowest BCUT2D eigenvalue weighted by Gasteiger charge is -2.18. The lowest BCUT2D eigenvalue weighted by molar-refractivity contribution is -0.117. The van der Waals surface area contributed by atoms with E-state index in [2.05, 4.69) is 39.2 Å². The Kier molecular flexibility index (Phi) is 6.13. The highest BCUT2D eigenvalue weighted by Gasteiger charge is 2.38. The van der Waals surface area contributed by atoms with E-state index in [1.54, 1.807) is 6.20 Å². The van der Waals surface area contributed by atoms with Crippen LogP contribution in [0.25, 0.3) is 0 Å². The van der Waals surface area contributed by atoms with Gasteiger partial charge in [-0.1, -0.05) is 5.57 Å². The Bertz CT molecular complexity index is 742. The van der Waals surface area contributed by atoms with Crippen molar-refractivity contribution in [2.75, 3.05) is 7.11 Å². The largest absolute Gasteiger partial charge is 0.480 e. The molecule has 1 aliphatic rings. The maximum atomic E-state index is 12.8. The summed E-state index contributed by atoms with van der Waals surface area (Å²) in [7, 11) is 1.53. The van der Waals surface area contributed by atoms with Crippen LogP contribution in [-0.4, -0.2) is 35.2 Å². The summed E-state index contributed by atoms with van der Waals surface area (Å²) in [6, 6.07) is 0. The number of carbonyl (C=O) groups is 1. The molecule has 140 valence electrons. The van der Waals surface area contributed by atoms with Gasteiger partial charge in [0, 0.05) is 16.7 Å². The number of nitrogens with zero attached hydrogens (tertiary/aromatic N) is 3. The molecule has 7 nitrogen and oxygen atoms in total. The van der Waals surface area contributed by atoms with Gasteiger partial charge in [-0.05, 0) is 47.3 Å². The summed E-state index contributed by atoms with van der Waals surface area (Å²) >= 11 is 0. The van der Waals surface area contributed by atoms with Gasteiger partial charge >= 0.3 is 0 Å². The molecule has 0 bridgehead atoms. The molecule has 0 atom stereocenters. The normalized spacial score (nSPS) is 15.4. The SMILES string of the molecule is C=N/C(NC1(C)CC1)=C(\C)C(C(=O)NCc1cnc(OC)cn1)=C(C)C. The third-order valence-corrected chi connectivity index (χ3v) is 4.36. The Morgan fingerprint density at radius 1 is 1.31 bits per heavy atom. The second kappa shape index (κ2) is 8.12. The molecule has 1 amide bonds. The first kappa shape index (κ1) is 19.6. The van der Waals surface area contributed by atoms with Crippen LogP contribution < -0.4 is 15.4 Å². The first-order valence-electron chi connectivity index (χ1n) is 8.56. The van der Waals surface area contributed by atoms with Crippen molar-refractivity contribution in [1.29, 1.82) is 0 Å². The highest BCUT2D eigenvalue weighted by Crippen LogP contribution is 2.36. The fraction of sp³-hybridized carbons (Fsp3) is 0.474. The second-order valence-corrected chi connectivity index (χ2v) is 6.93. The quantitative estimate of drug-likeness (QED) is 0.424. The van der Waals surface area contributed by atoms with Crippen LogP contribution in [0.1, 0.15) is 46.2 Å². The molecule has 2 N–H and O–H groups in total. The minimum atomic E-state index is -0.177. The van der Waals surface area contributed by atoms with Gasteiger partial charge in [0.15, 0.2) is 0 Å². The molecule has 0 saturated heterocycles. The van der Waals surface area contributed by atoms with Crippen LogP contribution in [0.4, 0.5) is 0 Å². The summed E-state index contributed by atoms with van der Waals surface area (Å²) in [5.74, 6) is 0.912. The van der Waals surface area contributed by atoms with Gasteiger partial charge in [-0.25, -0.2) is 9.98 Å². The molecule has 0 aliphatic heterocycles. The minimum absolute atomic E-state index is 0.0553. The van der Waals surface area contributed by atoms with Gasteiger partial charge < -0.3 is 15.4 Å². The van der Waals surface area contributed by atoms with Gasteiger partial charge in [0.05, 0.1) is 31.7 Å². The molecule has 0 spiro atoms. The van der Waals surface area contributed by atoms with Gasteiger partial charge in [-0.3, -0.25) is 9.78 Å². The molecule has 2 rings (SSSR count). The van der Waals surface area contributed by atoms with E-state index in [1.807, 2.05) is 20.8 Å². The number of hydrogen-bond donors (Lipinski definition) is 2. The molecule has 0 unspecified atom stereocenters. The number of ether oxygens (including phenoxy) is 1. The second-order valence-electron chi connectivity index (χ2n) is 6.93. The highest BCUT2D eigenvalue weighted by atomic mass is 16.5. The number of aromatic nitrogens is 2. The standard InChI is InChI=1S/C19H27N5O2/c1-12(2)16(13(3)17(20-5)24-19(4)7-8-19)18(25)23-10-14-9-22-15(26-6)11-21-14/h9,11,24H,5,7-8,10H2,1-4,6H3,(H,23,25)/b17-13-. The number of nitrogens with one attached hydrogen (secondary N) is 2. The molecular weight excluding hydrogens is 330 g/mol. The highest BCUT2D eigenvalue weighted by molar-refractivity contribution is 5.98. The Morgan fingerprint density at radius 3 is 2.46 bits per heavy atom. The van der Waals surface area contributed by atoms with Gasteiger partial charge in [-0.2, -0.15) is 0 Å². The zero-order valence-electron chi connectivity index (χ0n) is 16.1. The van der Waals surface area contributed by atoms with Gasteiger partial charge in [0.2, 0.25) is 5.88 Å². The summed E-state index contributed by atoms with van der Waals surface area (Å²) in [6.45, 7) is 11.8. The van der Waals surface area contributed by atoms with E-state index in [0.29, 0.717) is 23.0 Å². The van der Waals surface area contributed by atoms with Crippen LogP contribution in [-0.2, 0) is 11.3 Å². The maximum absolute atomic E-state index is 12.8. The average molecular weight is 357 g/mol. The first-order valence-corrected chi connectivity index (χ1v) is 8.56. The molecule has 1 fully saturated rings. The lowest BCUT2D eigenvalue weighted by atomic mass is 10.0. The third kappa shape index (κ3) is 4.91. The van der Waals surface area contributed by atoms with Gasteiger partial charge in [0.1, 0.15) is 5.82 Å². The molecule has 1 heterocycles. The molecule has 1 aromatic heterocycles. The number of amides is 1. The summed E-state index contributed by atoms with van der Waals surface area (Å²) in [5.41, 5.74) is 3.00. The molecule has 26 heavy (non-hydrogen) atoms. The molecule has 0 aromatic carbocycles. The van der Waals surface area contributed by atoms with Crippen LogP contribution in [0, 0.1) is 0 Å². The van der Waals surface area contributed by atoms with Crippen LogP contribution in [0.3, 0.4) is 0 Å². The van der Waals surface area contributed by atoms with Crippen molar-refractivity contribution >= 4 is 12.6 Å². The predicted octanol–water partition coefficient (Wildman–Crippen LogP) is 2.51. The Hall–Kier alpha value is -2.70. The van der Waals surface area contributed by atoms with Crippen molar-refractivity contribution in [2.45, 2.75) is 52.6 Å². The Labute approximate surface area is 154 Å². The van der Waals surface area contributed by atoms with E-state index in [-0.39, 0.29) is 18.0 Å². The number of aliphatic imine (C=N–C) groups is 1. The summed E-state index contributed by atoms with van der Waals surface area (Å²) in [6.07, 6.45) is 5.28. The predicted molar refractivity (Wildman–Crippen MR) is 102 cm³/mol. The molecule has 1 saturated carbocycles. The molecule has 7 heteroatoms. The number of allylic oxidation sites excluding steroid dienone is 1. The number of hydrogen-bond acceptors (Lipinski definition) is 6. The van der Waals surface area contributed by atoms with E-state index in [4.69, 9.17) is 4.74 Å². The average Bonchev–Trinajstić information content (AvgIpc) is 3.35. The monoisotopic (exact) mass is 357 g/mol. The van der Waals surface area contributed by atoms with E-state index in [1.165, 1.54) is 13.3 Å². The molecule has 1 aromatic rings. The summed E-state index contributed by atoms with van der Waals surface area (Å²) in [4.78, 5) is 25.2. The van der Waals surface area contributed by atoms with Crippen molar-refractivity contribution < 1.29 is 9.53 Å². The van der Waals surface area contributed by atoms with Crippen LogP contribution >= 0.6 is 0 Å². The zero-order chi connectivity index (χ0) is 19.3. The van der Waals surface area contributed by atoms with Crippen molar-refractivity contribution in [2.24, 2.45) is 4.99 Å². The number of rotatable bonds is 8. The van der Waals surface area contributed by atoms with E-state index in [9.17, 15) is 4.79 Å². The minimum Gasteiger partial charge on any atom is -0.480 e. The maximum Gasteiger partial charge on any atom is 0.251 e. The Morgan fingerprint density at radius 2 is 2.00 bits per heavy atom. The summed E-state index contributed by atoms with van der Waals surface area (Å²) in [5, 5.41) is 6.29.